The molecule has 2 aliphatic heterocycles. The highest BCUT2D eigenvalue weighted by molar-refractivity contribution is 6.07. The van der Waals surface area contributed by atoms with Gasteiger partial charge in [0.1, 0.15) is 23.1 Å². The number of urea groups is 1. The molecule has 0 radical (unpaired) electrons. The Balaban J connectivity index is 1.79. The molecule has 0 bridgehead atoms. The number of aromatic nitrogens is 1. The van der Waals surface area contributed by atoms with Crippen LogP contribution in [0, 0.1) is 17.2 Å². The van der Waals surface area contributed by atoms with Crippen molar-refractivity contribution >= 4 is 17.8 Å². The van der Waals surface area contributed by atoms with Crippen LogP contribution in [-0.4, -0.2) is 72.2 Å². The van der Waals surface area contributed by atoms with Gasteiger partial charge in [0.25, 0.3) is 5.91 Å². The number of ether oxygens (including phenoxy) is 1. The maximum atomic E-state index is 13.4. The number of anilines is 1. The zero-order valence-corrected chi connectivity index (χ0v) is 17.4. The Morgan fingerprint density at radius 1 is 1.28 bits per heavy atom. The number of nitrogens with zero attached hydrogens (tertiary/aromatic N) is 5. The Morgan fingerprint density at radius 2 is 2.00 bits per heavy atom. The van der Waals surface area contributed by atoms with Crippen LogP contribution in [0.15, 0.2) is 18.2 Å². The van der Waals surface area contributed by atoms with E-state index < -0.39 is 5.54 Å². The lowest BCUT2D eigenvalue weighted by atomic mass is 9.85. The second-order valence-electron chi connectivity index (χ2n) is 8.10. The fourth-order valence-electron chi connectivity index (χ4n) is 4.22. The molecule has 1 spiro atoms. The van der Waals surface area contributed by atoms with Gasteiger partial charge >= 0.3 is 6.03 Å². The van der Waals surface area contributed by atoms with Crippen molar-refractivity contribution in [2.45, 2.75) is 38.6 Å². The molecule has 3 rings (SSSR count). The van der Waals surface area contributed by atoms with Crippen molar-refractivity contribution in [1.29, 1.82) is 5.26 Å². The van der Waals surface area contributed by atoms with Gasteiger partial charge in [-0.2, -0.15) is 5.26 Å². The van der Waals surface area contributed by atoms with Crippen LogP contribution in [0.3, 0.4) is 0 Å². The molecule has 2 saturated heterocycles. The SMILES string of the molecule is COCCCN1C(=O)N(CC(C)C)C2(CCN(c3cccc(C#N)n3)CC2)C1=O. The highest BCUT2D eigenvalue weighted by atomic mass is 16.5. The van der Waals surface area contributed by atoms with Gasteiger partial charge in [0.2, 0.25) is 0 Å². The van der Waals surface area contributed by atoms with E-state index in [1.54, 1.807) is 18.1 Å². The summed E-state index contributed by atoms with van der Waals surface area (Å²) in [5.41, 5.74) is -0.404. The Hall–Kier alpha value is -2.66. The Labute approximate surface area is 172 Å². The third kappa shape index (κ3) is 4.06. The first kappa shape index (κ1) is 21.1. The predicted molar refractivity (Wildman–Crippen MR) is 108 cm³/mol. The van der Waals surface area contributed by atoms with Gasteiger partial charge in [-0.1, -0.05) is 19.9 Å². The molecule has 2 aliphatic rings. The van der Waals surface area contributed by atoms with Gasteiger partial charge in [0.05, 0.1) is 0 Å². The number of hydrogen-bond acceptors (Lipinski definition) is 6. The molecule has 156 valence electrons. The fourth-order valence-corrected chi connectivity index (χ4v) is 4.22. The zero-order chi connectivity index (χ0) is 21.0. The average molecular weight is 399 g/mol. The summed E-state index contributed by atoms with van der Waals surface area (Å²) in [6.07, 6.45) is 1.75. The molecule has 0 aromatic carbocycles. The predicted octanol–water partition coefficient (Wildman–Crippen LogP) is 2.25. The van der Waals surface area contributed by atoms with Crippen LogP contribution < -0.4 is 4.90 Å². The molecule has 3 heterocycles. The first-order valence-electron chi connectivity index (χ1n) is 10.2. The third-order valence-electron chi connectivity index (χ3n) is 5.66. The number of imide groups is 1. The molecular formula is C21H29N5O3. The third-order valence-corrected chi connectivity index (χ3v) is 5.66. The number of rotatable bonds is 7. The van der Waals surface area contributed by atoms with Crippen molar-refractivity contribution in [3.05, 3.63) is 23.9 Å². The first-order chi connectivity index (χ1) is 13.9. The first-order valence-corrected chi connectivity index (χ1v) is 10.2. The highest BCUT2D eigenvalue weighted by Gasteiger charge is 2.57. The van der Waals surface area contributed by atoms with Gasteiger partial charge < -0.3 is 14.5 Å². The Kier molecular flexibility index (Phi) is 6.38. The van der Waals surface area contributed by atoms with Crippen LogP contribution >= 0.6 is 0 Å². The molecule has 0 aliphatic carbocycles. The van der Waals surface area contributed by atoms with E-state index in [-0.39, 0.29) is 17.9 Å². The number of carbonyl (C=O) groups excluding carboxylic acids is 2. The monoisotopic (exact) mass is 399 g/mol. The van der Waals surface area contributed by atoms with E-state index in [1.165, 1.54) is 4.90 Å². The summed E-state index contributed by atoms with van der Waals surface area (Å²) in [6, 6.07) is 7.26. The summed E-state index contributed by atoms with van der Waals surface area (Å²) < 4.78 is 5.08. The highest BCUT2D eigenvalue weighted by Crippen LogP contribution is 2.38. The van der Waals surface area contributed by atoms with Crippen LogP contribution in [0.5, 0.6) is 0 Å². The van der Waals surface area contributed by atoms with Gasteiger partial charge in [-0.25, -0.2) is 9.78 Å². The van der Waals surface area contributed by atoms with Crippen LogP contribution in [0.25, 0.3) is 0 Å². The van der Waals surface area contributed by atoms with Crippen molar-refractivity contribution in [1.82, 2.24) is 14.8 Å². The standard InChI is InChI=1S/C21H29N5O3/c1-16(2)15-26-20(28)25(10-5-13-29-3)19(27)21(26)8-11-24(12-9-21)18-7-4-6-17(14-22)23-18/h4,6-7,16H,5,8-13,15H2,1-3H3. The molecule has 8 heteroatoms. The number of methoxy groups -OCH3 is 1. The summed E-state index contributed by atoms with van der Waals surface area (Å²) >= 11 is 0. The van der Waals surface area contributed by atoms with Crippen molar-refractivity contribution in [2.75, 3.05) is 44.8 Å². The van der Waals surface area contributed by atoms with Crippen molar-refractivity contribution in [2.24, 2.45) is 5.92 Å². The smallest absolute Gasteiger partial charge is 0.327 e. The number of nitriles is 1. The number of piperidine rings is 1. The maximum absolute atomic E-state index is 13.4. The van der Waals surface area contributed by atoms with Gasteiger partial charge in [-0.15, -0.1) is 0 Å². The molecule has 0 unspecified atom stereocenters. The molecule has 0 saturated carbocycles. The van der Waals surface area contributed by atoms with Gasteiger partial charge in [-0.05, 0) is 37.3 Å². The van der Waals surface area contributed by atoms with E-state index in [0.717, 1.165) is 5.82 Å². The second kappa shape index (κ2) is 8.78. The zero-order valence-electron chi connectivity index (χ0n) is 17.4. The summed E-state index contributed by atoms with van der Waals surface area (Å²) in [7, 11) is 1.62. The van der Waals surface area contributed by atoms with E-state index >= 15 is 0 Å². The quantitative estimate of drug-likeness (QED) is 0.516. The number of carbonyl (C=O) groups is 2. The minimum absolute atomic E-state index is 0.0855. The second-order valence-corrected chi connectivity index (χ2v) is 8.10. The average Bonchev–Trinajstić information content (AvgIpc) is 2.90. The molecule has 8 nitrogen and oxygen atoms in total. The summed E-state index contributed by atoms with van der Waals surface area (Å²) in [4.78, 5) is 36.1. The summed E-state index contributed by atoms with van der Waals surface area (Å²) in [5.74, 6) is 0.926. The largest absolute Gasteiger partial charge is 0.385 e. The maximum Gasteiger partial charge on any atom is 0.327 e. The number of hydrogen-bond donors (Lipinski definition) is 0. The minimum atomic E-state index is -0.780. The van der Waals surface area contributed by atoms with Crippen molar-refractivity contribution in [3.8, 4) is 6.07 Å². The lowest BCUT2D eigenvalue weighted by Gasteiger charge is -2.43. The van der Waals surface area contributed by atoms with Gasteiger partial charge in [0, 0.05) is 39.9 Å². The molecular weight excluding hydrogens is 370 g/mol. The molecule has 1 aromatic heterocycles. The van der Waals surface area contributed by atoms with Crippen LogP contribution in [0.2, 0.25) is 0 Å². The van der Waals surface area contributed by atoms with Gasteiger partial charge in [0.15, 0.2) is 0 Å². The Bertz CT molecular complexity index is 796. The lowest BCUT2D eigenvalue weighted by molar-refractivity contribution is -0.134. The number of amides is 3. The molecule has 3 amide bonds. The van der Waals surface area contributed by atoms with E-state index in [4.69, 9.17) is 10.00 Å². The van der Waals surface area contributed by atoms with E-state index in [0.29, 0.717) is 57.7 Å². The summed E-state index contributed by atoms with van der Waals surface area (Å²) in [6.45, 7) is 6.81. The van der Waals surface area contributed by atoms with Crippen molar-refractivity contribution < 1.29 is 14.3 Å². The van der Waals surface area contributed by atoms with Crippen LogP contribution in [0.4, 0.5) is 10.6 Å². The van der Waals surface area contributed by atoms with E-state index in [2.05, 4.69) is 29.8 Å². The van der Waals surface area contributed by atoms with Gasteiger partial charge in [-0.3, -0.25) is 9.69 Å². The number of pyridine rings is 1. The van der Waals surface area contributed by atoms with Crippen LogP contribution in [-0.2, 0) is 9.53 Å². The van der Waals surface area contributed by atoms with E-state index in [9.17, 15) is 9.59 Å². The molecule has 29 heavy (non-hydrogen) atoms. The van der Waals surface area contributed by atoms with Crippen molar-refractivity contribution in [3.63, 3.8) is 0 Å². The summed E-state index contributed by atoms with van der Waals surface area (Å²) in [5, 5.41) is 9.09. The fraction of sp³-hybridized carbons (Fsp3) is 0.619. The molecule has 0 N–H and O–H groups in total. The topological polar surface area (TPSA) is 89.8 Å². The molecule has 1 aromatic rings. The normalized spacial score (nSPS) is 18.8. The van der Waals surface area contributed by atoms with E-state index in [1.807, 2.05) is 12.1 Å². The molecule has 2 fully saturated rings. The molecule has 0 atom stereocenters. The Morgan fingerprint density at radius 3 is 2.62 bits per heavy atom. The van der Waals surface area contributed by atoms with Crippen LogP contribution in [0.1, 0.15) is 38.8 Å². The lowest BCUT2D eigenvalue weighted by Crippen LogP contribution is -2.57. The minimum Gasteiger partial charge on any atom is -0.385 e.